The van der Waals surface area contributed by atoms with Gasteiger partial charge in [-0.15, -0.1) is 0 Å². The Balaban J connectivity index is 1.42. The van der Waals surface area contributed by atoms with Crippen molar-refractivity contribution in [1.29, 1.82) is 0 Å². The summed E-state index contributed by atoms with van der Waals surface area (Å²) in [4.78, 5) is 23.8. The van der Waals surface area contributed by atoms with Gasteiger partial charge in [0.05, 0.1) is 6.54 Å². The lowest BCUT2D eigenvalue weighted by molar-refractivity contribution is 0.0168. The van der Waals surface area contributed by atoms with E-state index in [1.54, 1.807) is 6.20 Å². The van der Waals surface area contributed by atoms with Crippen LogP contribution in [0, 0.1) is 6.92 Å². The minimum Gasteiger partial charge on any atom is -0.345 e. The van der Waals surface area contributed by atoms with Crippen LogP contribution in [0.15, 0.2) is 6.20 Å². The molecule has 2 saturated heterocycles. The summed E-state index contributed by atoms with van der Waals surface area (Å²) in [6.07, 6.45) is 5.71. The van der Waals surface area contributed by atoms with E-state index >= 15 is 0 Å². The Morgan fingerprint density at radius 1 is 1.48 bits per heavy atom. The largest absolute Gasteiger partial charge is 0.345 e. The number of aromatic nitrogens is 2. The smallest absolute Gasteiger partial charge is 0.317 e. The van der Waals surface area contributed by atoms with Crippen LogP contribution in [0.3, 0.4) is 0 Å². The molecule has 2 aliphatic rings. The van der Waals surface area contributed by atoms with Crippen LogP contribution in [0.5, 0.6) is 0 Å². The number of aryl methyl sites for hydroxylation is 1. The van der Waals surface area contributed by atoms with Gasteiger partial charge in [-0.3, -0.25) is 4.90 Å². The lowest BCUT2D eigenvalue weighted by Crippen LogP contribution is -2.64. The molecule has 3 heterocycles. The number of rotatable bonds is 3. The Kier molecular flexibility index (Phi) is 4.14. The number of likely N-dealkylation sites (tertiary alicyclic amines) is 2. The van der Waals surface area contributed by atoms with Crippen LogP contribution in [0.1, 0.15) is 37.7 Å². The van der Waals surface area contributed by atoms with Gasteiger partial charge >= 0.3 is 6.03 Å². The second-order valence-electron chi connectivity index (χ2n) is 6.31. The van der Waals surface area contributed by atoms with E-state index in [-0.39, 0.29) is 6.03 Å². The van der Waals surface area contributed by atoms with Gasteiger partial charge in [-0.1, -0.05) is 6.42 Å². The molecule has 6 heteroatoms. The number of H-pyrrole nitrogens is 1. The molecule has 0 aliphatic carbocycles. The van der Waals surface area contributed by atoms with E-state index in [1.807, 2.05) is 11.8 Å². The number of carbonyl (C=O) groups is 1. The Hall–Kier alpha value is -1.56. The summed E-state index contributed by atoms with van der Waals surface area (Å²) in [6.45, 7) is 7.63. The molecule has 21 heavy (non-hydrogen) atoms. The van der Waals surface area contributed by atoms with Crippen LogP contribution in [0.2, 0.25) is 0 Å². The maximum absolute atomic E-state index is 12.1. The van der Waals surface area contributed by atoms with Crippen LogP contribution in [0.25, 0.3) is 0 Å². The first kappa shape index (κ1) is 14.4. The first-order valence-electron chi connectivity index (χ1n) is 7.92. The zero-order valence-electron chi connectivity index (χ0n) is 12.9. The second-order valence-corrected chi connectivity index (χ2v) is 6.31. The van der Waals surface area contributed by atoms with Gasteiger partial charge in [-0.05, 0) is 33.2 Å². The average Bonchev–Trinajstić information content (AvgIpc) is 2.83. The van der Waals surface area contributed by atoms with Crippen molar-refractivity contribution in [3.63, 3.8) is 0 Å². The number of nitrogens with one attached hydrogen (secondary N) is 2. The van der Waals surface area contributed by atoms with E-state index in [4.69, 9.17) is 0 Å². The fraction of sp³-hybridized carbons (Fsp3) is 0.733. The van der Waals surface area contributed by atoms with E-state index in [0.29, 0.717) is 18.6 Å². The van der Waals surface area contributed by atoms with Gasteiger partial charge in [-0.2, -0.15) is 0 Å². The first-order valence-corrected chi connectivity index (χ1v) is 7.92. The molecule has 3 rings (SSSR count). The number of amides is 2. The number of nitrogens with zero attached hydrogens (tertiary/aromatic N) is 3. The molecular formula is C15H25N5O. The van der Waals surface area contributed by atoms with Crippen molar-refractivity contribution in [2.45, 2.75) is 51.7 Å². The van der Waals surface area contributed by atoms with Gasteiger partial charge in [0.2, 0.25) is 0 Å². The standard InChI is InChI=1S/C15H25N5O/c1-11-7-16-14(18-11)8-17-15(21)19-9-13(10-19)20-6-4-3-5-12(20)2/h7,12-13H,3-6,8-10H2,1-2H3,(H,16,18)(H,17,21)/t12-/m1/s1. The highest BCUT2D eigenvalue weighted by Gasteiger charge is 2.37. The third-order valence-electron chi connectivity index (χ3n) is 4.64. The predicted molar refractivity (Wildman–Crippen MR) is 80.9 cm³/mol. The monoisotopic (exact) mass is 291 g/mol. The van der Waals surface area contributed by atoms with Crippen molar-refractivity contribution in [2.24, 2.45) is 0 Å². The van der Waals surface area contributed by atoms with E-state index in [1.165, 1.54) is 25.8 Å². The van der Waals surface area contributed by atoms with Crippen molar-refractivity contribution >= 4 is 6.03 Å². The van der Waals surface area contributed by atoms with Gasteiger partial charge in [-0.25, -0.2) is 9.78 Å². The first-order chi connectivity index (χ1) is 10.1. The van der Waals surface area contributed by atoms with E-state index < -0.39 is 0 Å². The molecule has 1 aromatic rings. The van der Waals surface area contributed by atoms with E-state index in [0.717, 1.165) is 24.6 Å². The molecule has 0 radical (unpaired) electrons. The van der Waals surface area contributed by atoms with Crippen LogP contribution in [-0.2, 0) is 6.54 Å². The Labute approximate surface area is 125 Å². The second kappa shape index (κ2) is 6.05. The SMILES string of the molecule is Cc1cnc(CNC(=O)N2CC(N3CCCC[C@H]3C)C2)[nH]1. The number of aromatic amines is 1. The number of piperidine rings is 1. The Morgan fingerprint density at radius 3 is 2.95 bits per heavy atom. The fourth-order valence-corrected chi connectivity index (χ4v) is 3.32. The normalized spacial score (nSPS) is 23.9. The van der Waals surface area contributed by atoms with Crippen molar-refractivity contribution in [1.82, 2.24) is 25.1 Å². The molecule has 2 aliphatic heterocycles. The average molecular weight is 291 g/mol. The summed E-state index contributed by atoms with van der Waals surface area (Å²) in [5, 5.41) is 2.92. The highest BCUT2D eigenvalue weighted by Crippen LogP contribution is 2.24. The minimum absolute atomic E-state index is 0.0185. The highest BCUT2D eigenvalue weighted by molar-refractivity contribution is 5.75. The quantitative estimate of drug-likeness (QED) is 0.887. The van der Waals surface area contributed by atoms with Gasteiger partial charge in [0, 0.05) is 37.1 Å². The molecule has 6 nitrogen and oxygen atoms in total. The number of hydrogen-bond acceptors (Lipinski definition) is 3. The highest BCUT2D eigenvalue weighted by atomic mass is 16.2. The molecular weight excluding hydrogens is 266 g/mol. The lowest BCUT2D eigenvalue weighted by atomic mass is 9.98. The van der Waals surface area contributed by atoms with Crippen LogP contribution >= 0.6 is 0 Å². The Morgan fingerprint density at radius 2 is 2.29 bits per heavy atom. The topological polar surface area (TPSA) is 64.3 Å². The van der Waals surface area contributed by atoms with Gasteiger partial charge in [0.1, 0.15) is 5.82 Å². The van der Waals surface area contributed by atoms with Gasteiger partial charge in [0.15, 0.2) is 0 Å². The van der Waals surface area contributed by atoms with Crippen molar-refractivity contribution in [3.05, 3.63) is 17.7 Å². The zero-order chi connectivity index (χ0) is 14.8. The lowest BCUT2D eigenvalue weighted by Gasteiger charge is -2.49. The molecule has 116 valence electrons. The fourth-order valence-electron chi connectivity index (χ4n) is 3.32. The maximum atomic E-state index is 12.1. The van der Waals surface area contributed by atoms with Crippen molar-refractivity contribution in [3.8, 4) is 0 Å². The third kappa shape index (κ3) is 3.20. The third-order valence-corrected chi connectivity index (χ3v) is 4.64. The summed E-state index contributed by atoms with van der Waals surface area (Å²) in [5.41, 5.74) is 1.02. The molecule has 2 N–H and O–H groups in total. The molecule has 0 unspecified atom stereocenters. The molecule has 2 fully saturated rings. The number of hydrogen-bond donors (Lipinski definition) is 2. The van der Waals surface area contributed by atoms with Crippen LogP contribution in [-0.4, -0.2) is 57.5 Å². The van der Waals surface area contributed by atoms with Gasteiger partial charge in [0.25, 0.3) is 0 Å². The molecule has 1 atom stereocenters. The summed E-state index contributed by atoms with van der Waals surface area (Å²) in [6, 6.07) is 1.24. The maximum Gasteiger partial charge on any atom is 0.317 e. The van der Waals surface area contributed by atoms with Crippen molar-refractivity contribution < 1.29 is 4.79 Å². The molecule has 1 aromatic heterocycles. The summed E-state index contributed by atoms with van der Waals surface area (Å²) < 4.78 is 0. The predicted octanol–water partition coefficient (Wildman–Crippen LogP) is 1.49. The van der Waals surface area contributed by atoms with Crippen LogP contribution < -0.4 is 5.32 Å². The van der Waals surface area contributed by atoms with Crippen LogP contribution in [0.4, 0.5) is 4.79 Å². The Bertz CT molecular complexity index is 494. The molecule has 0 bridgehead atoms. The zero-order valence-corrected chi connectivity index (χ0v) is 12.9. The number of carbonyl (C=O) groups excluding carboxylic acids is 1. The molecule has 0 aromatic carbocycles. The summed E-state index contributed by atoms with van der Waals surface area (Å²) in [7, 11) is 0. The van der Waals surface area contributed by atoms with E-state index in [9.17, 15) is 4.79 Å². The summed E-state index contributed by atoms with van der Waals surface area (Å²) in [5.74, 6) is 0.808. The minimum atomic E-state index is 0.0185. The van der Waals surface area contributed by atoms with Gasteiger partial charge < -0.3 is 15.2 Å². The summed E-state index contributed by atoms with van der Waals surface area (Å²) >= 11 is 0. The molecule has 0 saturated carbocycles. The number of imidazole rings is 1. The van der Waals surface area contributed by atoms with E-state index in [2.05, 4.69) is 27.1 Å². The number of urea groups is 1. The molecule has 0 spiro atoms. The molecule has 2 amide bonds. The van der Waals surface area contributed by atoms with Crippen molar-refractivity contribution in [2.75, 3.05) is 19.6 Å².